The molecule has 3 aromatic rings. The van der Waals surface area contributed by atoms with Gasteiger partial charge < -0.3 is 29.6 Å². The second kappa shape index (κ2) is 13.7. The lowest BCUT2D eigenvalue weighted by Crippen LogP contribution is -2.51. The zero-order valence-corrected chi connectivity index (χ0v) is 27.1. The van der Waals surface area contributed by atoms with Gasteiger partial charge in [-0.1, -0.05) is 18.9 Å². The van der Waals surface area contributed by atoms with Crippen LogP contribution in [0, 0.1) is 11.8 Å². The van der Waals surface area contributed by atoms with Crippen molar-refractivity contribution in [2.45, 2.75) is 69.5 Å². The molecule has 4 rings (SSSR count). The predicted molar refractivity (Wildman–Crippen MR) is 169 cm³/mol. The molecule has 0 bridgehead atoms. The van der Waals surface area contributed by atoms with Gasteiger partial charge in [0.1, 0.15) is 24.1 Å². The molecule has 2 heterocycles. The number of fused-ring (bicyclic) bond motifs is 1. The molecule has 9 nitrogen and oxygen atoms in total. The smallest absolute Gasteiger partial charge is 0.410 e. The zero-order valence-electron chi connectivity index (χ0n) is 26.3. The standard InChI is InChI=1S/C32H38F4N4O5S/c1-6-46(42,43)22-12-13-27(29(18-22)44-5)37-15-8-9-21-17-23-25(10-7-11-28(23)40(21)20-32(34,35)36)38-26-14-16-39(19-24(26)33)30(41)45-31(2,3)4/h7,10-13,17-18,24,26,37-38H,6,14-16,19-20H2,1-5H3/t24-,26+/m0/s1. The third-order valence-electron chi connectivity index (χ3n) is 7.31. The largest absolute Gasteiger partial charge is 0.495 e. The molecule has 0 unspecified atom stereocenters. The average Bonchev–Trinajstić information content (AvgIpc) is 3.31. The number of alkyl halides is 4. The Morgan fingerprint density at radius 1 is 1.11 bits per heavy atom. The number of rotatable bonds is 8. The summed E-state index contributed by atoms with van der Waals surface area (Å²) >= 11 is 0. The molecule has 14 heteroatoms. The second-order valence-electron chi connectivity index (χ2n) is 11.9. The minimum atomic E-state index is -4.53. The number of likely N-dealkylation sites (tertiary alicyclic amines) is 1. The fourth-order valence-electron chi connectivity index (χ4n) is 5.07. The molecule has 1 aliphatic rings. The Balaban J connectivity index is 1.55. The van der Waals surface area contributed by atoms with Gasteiger partial charge in [0.05, 0.1) is 53.8 Å². The number of sulfone groups is 1. The van der Waals surface area contributed by atoms with Gasteiger partial charge in [-0.3, -0.25) is 0 Å². The van der Waals surface area contributed by atoms with E-state index < -0.39 is 46.5 Å². The van der Waals surface area contributed by atoms with Crippen molar-refractivity contribution in [2.24, 2.45) is 0 Å². The van der Waals surface area contributed by atoms with E-state index in [1.54, 1.807) is 39.0 Å². The normalized spacial score (nSPS) is 17.3. The maximum Gasteiger partial charge on any atom is 0.410 e. The summed E-state index contributed by atoms with van der Waals surface area (Å²) in [5.41, 5.74) is 0.579. The van der Waals surface area contributed by atoms with E-state index in [0.29, 0.717) is 16.8 Å². The molecule has 0 spiro atoms. The van der Waals surface area contributed by atoms with Crippen LogP contribution in [0.2, 0.25) is 0 Å². The highest BCUT2D eigenvalue weighted by Crippen LogP contribution is 2.32. The van der Waals surface area contributed by atoms with Gasteiger partial charge in [-0.15, -0.1) is 0 Å². The number of nitrogens with zero attached hydrogens (tertiary/aromatic N) is 2. The molecular weight excluding hydrogens is 628 g/mol. The van der Waals surface area contributed by atoms with Crippen LogP contribution in [-0.4, -0.2) is 80.5 Å². The molecular formula is C32H38F4N4O5S. The summed E-state index contributed by atoms with van der Waals surface area (Å²) < 4.78 is 92.3. The highest BCUT2D eigenvalue weighted by Gasteiger charge is 2.34. The fourth-order valence-corrected chi connectivity index (χ4v) is 5.97. The molecule has 250 valence electrons. The number of carbonyl (C=O) groups is 1. The summed E-state index contributed by atoms with van der Waals surface area (Å²) in [4.78, 5) is 13.8. The molecule has 0 aliphatic carbocycles. The lowest BCUT2D eigenvalue weighted by atomic mass is 10.0. The number of hydrogen-bond acceptors (Lipinski definition) is 7. The van der Waals surface area contributed by atoms with Gasteiger partial charge in [0.15, 0.2) is 9.84 Å². The van der Waals surface area contributed by atoms with Gasteiger partial charge in [0.2, 0.25) is 0 Å². The van der Waals surface area contributed by atoms with Crippen LogP contribution >= 0.6 is 0 Å². The topological polar surface area (TPSA) is 102 Å². The summed E-state index contributed by atoms with van der Waals surface area (Å²) in [6.45, 7) is 5.54. The van der Waals surface area contributed by atoms with Crippen molar-refractivity contribution in [2.75, 3.05) is 43.1 Å². The van der Waals surface area contributed by atoms with Crippen LogP contribution < -0.4 is 15.4 Å². The number of piperidine rings is 1. The first-order valence-corrected chi connectivity index (χ1v) is 16.4. The van der Waals surface area contributed by atoms with Gasteiger partial charge >= 0.3 is 12.3 Å². The van der Waals surface area contributed by atoms with E-state index in [1.807, 2.05) is 0 Å². The first-order valence-electron chi connectivity index (χ1n) is 14.7. The fraction of sp³-hybridized carbons (Fsp3) is 0.469. The monoisotopic (exact) mass is 666 g/mol. The minimum Gasteiger partial charge on any atom is -0.495 e. The summed E-state index contributed by atoms with van der Waals surface area (Å²) in [6.07, 6.45) is -6.30. The van der Waals surface area contributed by atoms with Crippen LogP contribution in [0.4, 0.5) is 33.7 Å². The quantitative estimate of drug-likeness (QED) is 0.217. The molecule has 1 aromatic heterocycles. The van der Waals surface area contributed by atoms with Crippen molar-refractivity contribution in [3.63, 3.8) is 0 Å². The summed E-state index contributed by atoms with van der Waals surface area (Å²) in [5, 5.41) is 6.60. The molecule has 1 saturated heterocycles. The molecule has 0 saturated carbocycles. The molecule has 2 N–H and O–H groups in total. The van der Waals surface area contributed by atoms with E-state index in [2.05, 4.69) is 22.5 Å². The van der Waals surface area contributed by atoms with E-state index in [9.17, 15) is 26.4 Å². The Morgan fingerprint density at radius 2 is 1.85 bits per heavy atom. The van der Waals surface area contributed by atoms with Crippen molar-refractivity contribution < 1.29 is 40.2 Å². The van der Waals surface area contributed by atoms with E-state index in [1.165, 1.54) is 43.2 Å². The summed E-state index contributed by atoms with van der Waals surface area (Å²) in [7, 11) is -2.05. The average molecular weight is 667 g/mol. The Hall–Kier alpha value is -4.12. The number of nitrogens with one attached hydrogen (secondary N) is 2. The Bertz CT molecular complexity index is 1740. The molecule has 2 atom stereocenters. The van der Waals surface area contributed by atoms with Crippen molar-refractivity contribution in [1.82, 2.24) is 9.47 Å². The van der Waals surface area contributed by atoms with Crippen molar-refractivity contribution in [1.29, 1.82) is 0 Å². The zero-order chi connectivity index (χ0) is 33.9. The summed E-state index contributed by atoms with van der Waals surface area (Å²) in [5.74, 6) is 5.85. The first kappa shape index (κ1) is 34.7. The van der Waals surface area contributed by atoms with Crippen LogP contribution in [0.25, 0.3) is 10.9 Å². The molecule has 0 radical (unpaired) electrons. The maximum atomic E-state index is 15.2. The number of amides is 1. The highest BCUT2D eigenvalue weighted by atomic mass is 32.2. The van der Waals surface area contributed by atoms with Crippen LogP contribution in [0.15, 0.2) is 47.4 Å². The van der Waals surface area contributed by atoms with Crippen molar-refractivity contribution >= 4 is 38.2 Å². The van der Waals surface area contributed by atoms with Crippen LogP contribution in [0.1, 0.15) is 39.8 Å². The van der Waals surface area contributed by atoms with Crippen LogP contribution in [0.3, 0.4) is 0 Å². The maximum absolute atomic E-state index is 15.2. The van der Waals surface area contributed by atoms with E-state index in [0.717, 1.165) is 4.57 Å². The number of halogens is 4. The van der Waals surface area contributed by atoms with Crippen molar-refractivity contribution in [3.8, 4) is 17.6 Å². The molecule has 1 amide bonds. The summed E-state index contributed by atoms with van der Waals surface area (Å²) in [6, 6.07) is 10.0. The Morgan fingerprint density at radius 3 is 2.48 bits per heavy atom. The van der Waals surface area contributed by atoms with E-state index in [4.69, 9.17) is 9.47 Å². The lowest BCUT2D eigenvalue weighted by molar-refractivity contribution is -0.140. The van der Waals surface area contributed by atoms with Crippen LogP contribution in [0.5, 0.6) is 5.75 Å². The number of aromatic nitrogens is 1. The van der Waals surface area contributed by atoms with Gasteiger partial charge in [-0.25, -0.2) is 17.6 Å². The first-order chi connectivity index (χ1) is 21.5. The van der Waals surface area contributed by atoms with Crippen LogP contribution in [-0.2, 0) is 21.1 Å². The molecule has 2 aromatic carbocycles. The highest BCUT2D eigenvalue weighted by molar-refractivity contribution is 7.91. The molecule has 1 aliphatic heterocycles. The van der Waals surface area contributed by atoms with E-state index >= 15 is 4.39 Å². The lowest BCUT2D eigenvalue weighted by Gasteiger charge is -2.36. The number of hydrogen-bond donors (Lipinski definition) is 2. The third-order valence-corrected chi connectivity index (χ3v) is 9.05. The minimum absolute atomic E-state index is 0.0225. The molecule has 1 fully saturated rings. The predicted octanol–water partition coefficient (Wildman–Crippen LogP) is 6.23. The van der Waals surface area contributed by atoms with Gasteiger partial charge in [0.25, 0.3) is 0 Å². The van der Waals surface area contributed by atoms with Gasteiger partial charge in [-0.2, -0.15) is 13.2 Å². The Kier molecular flexibility index (Phi) is 10.4. The number of methoxy groups -OCH3 is 1. The van der Waals surface area contributed by atoms with Gasteiger partial charge in [0, 0.05) is 23.7 Å². The SMILES string of the molecule is CCS(=O)(=O)c1ccc(NCC#Cc2cc3c(N[C@@H]4CCN(C(=O)OC(C)(C)C)C[C@@H]4F)cccc3n2CC(F)(F)F)c(OC)c1. The number of anilines is 2. The third kappa shape index (κ3) is 8.57. The van der Waals surface area contributed by atoms with E-state index in [-0.39, 0.29) is 53.7 Å². The van der Waals surface area contributed by atoms with Crippen molar-refractivity contribution in [3.05, 3.63) is 48.2 Å². The number of carbonyl (C=O) groups excluding carboxylic acids is 1. The Labute approximate surface area is 266 Å². The van der Waals surface area contributed by atoms with Gasteiger partial charge in [-0.05, 0) is 63.4 Å². The second-order valence-corrected chi connectivity index (χ2v) is 14.2. The number of benzene rings is 2. The number of ether oxygens (including phenoxy) is 2. The molecule has 46 heavy (non-hydrogen) atoms.